The minimum atomic E-state index is -3.56. The number of hydrogen-bond donors (Lipinski definition) is 2. The third-order valence-corrected chi connectivity index (χ3v) is 6.33. The van der Waals surface area contributed by atoms with Crippen LogP contribution in [-0.2, 0) is 22.9 Å². The van der Waals surface area contributed by atoms with Crippen molar-refractivity contribution in [3.63, 3.8) is 0 Å². The second kappa shape index (κ2) is 7.74. The van der Waals surface area contributed by atoms with Gasteiger partial charge in [0.1, 0.15) is 0 Å². The third kappa shape index (κ3) is 4.06. The Labute approximate surface area is 155 Å². The zero-order valence-corrected chi connectivity index (χ0v) is 16.0. The number of fused-ring (bicyclic) bond motifs is 1. The quantitative estimate of drug-likeness (QED) is 0.819. The van der Waals surface area contributed by atoms with E-state index in [4.69, 9.17) is 5.11 Å². The van der Waals surface area contributed by atoms with Crippen LogP contribution >= 0.6 is 0 Å². The van der Waals surface area contributed by atoms with Gasteiger partial charge in [0.2, 0.25) is 10.0 Å². The Bertz CT molecular complexity index is 917. The van der Waals surface area contributed by atoms with E-state index in [2.05, 4.69) is 10.8 Å². The van der Waals surface area contributed by atoms with Gasteiger partial charge < -0.3 is 5.11 Å². The topological polar surface area (TPSA) is 66.4 Å². The lowest BCUT2D eigenvalue weighted by Gasteiger charge is -2.17. The van der Waals surface area contributed by atoms with Gasteiger partial charge in [-0.05, 0) is 47.1 Å². The van der Waals surface area contributed by atoms with Crippen LogP contribution in [0.25, 0.3) is 6.08 Å². The van der Waals surface area contributed by atoms with Gasteiger partial charge in [-0.15, -0.1) is 0 Å². The van der Waals surface area contributed by atoms with Gasteiger partial charge in [-0.1, -0.05) is 62.4 Å². The molecule has 1 unspecified atom stereocenters. The highest BCUT2D eigenvalue weighted by atomic mass is 32.2. The second-order valence-corrected chi connectivity index (χ2v) is 8.71. The van der Waals surface area contributed by atoms with Crippen molar-refractivity contribution in [1.82, 2.24) is 4.72 Å². The zero-order chi connectivity index (χ0) is 18.7. The third-order valence-electron chi connectivity index (χ3n) is 4.73. The van der Waals surface area contributed by atoms with Crippen LogP contribution in [0, 0.1) is 0 Å². The van der Waals surface area contributed by atoms with E-state index in [1.807, 2.05) is 44.2 Å². The Morgan fingerprint density at radius 1 is 1.15 bits per heavy atom. The van der Waals surface area contributed by atoms with E-state index in [0.717, 1.165) is 16.7 Å². The van der Waals surface area contributed by atoms with Crippen molar-refractivity contribution in [2.24, 2.45) is 0 Å². The Morgan fingerprint density at radius 2 is 1.88 bits per heavy atom. The summed E-state index contributed by atoms with van der Waals surface area (Å²) in [5.74, 6) is 0.143. The molecule has 0 amide bonds. The molecule has 0 bridgehead atoms. The molecule has 0 fully saturated rings. The molecule has 2 aromatic carbocycles. The summed E-state index contributed by atoms with van der Waals surface area (Å²) in [6.07, 6.45) is 4.94. The summed E-state index contributed by atoms with van der Waals surface area (Å²) in [6, 6.07) is 13.2. The van der Waals surface area contributed by atoms with Crippen LogP contribution in [0.1, 0.15) is 42.0 Å². The van der Waals surface area contributed by atoms with E-state index >= 15 is 0 Å². The normalized spacial score (nSPS) is 17.2. The van der Waals surface area contributed by atoms with Gasteiger partial charge in [0, 0.05) is 6.04 Å². The molecule has 5 heteroatoms. The van der Waals surface area contributed by atoms with Crippen LogP contribution in [0.4, 0.5) is 0 Å². The van der Waals surface area contributed by atoms with Crippen LogP contribution in [-0.4, -0.2) is 26.2 Å². The molecule has 1 aliphatic carbocycles. The lowest BCUT2D eigenvalue weighted by Crippen LogP contribution is -2.35. The first-order chi connectivity index (χ1) is 12.4. The first-order valence-corrected chi connectivity index (χ1v) is 10.4. The van der Waals surface area contributed by atoms with Gasteiger partial charge in [-0.25, -0.2) is 13.1 Å². The molecule has 2 aromatic rings. The first kappa shape index (κ1) is 18.8. The van der Waals surface area contributed by atoms with Gasteiger partial charge in [0.05, 0.1) is 11.5 Å². The van der Waals surface area contributed by atoms with Crippen LogP contribution in [0.15, 0.2) is 53.4 Å². The molecule has 1 atom stereocenters. The molecule has 2 N–H and O–H groups in total. The number of aliphatic hydroxyl groups excluding tert-OH is 1. The highest BCUT2D eigenvalue weighted by Crippen LogP contribution is 2.27. The molecule has 0 aromatic heterocycles. The average Bonchev–Trinajstić information content (AvgIpc) is 3.00. The van der Waals surface area contributed by atoms with E-state index < -0.39 is 10.0 Å². The maximum atomic E-state index is 12.9. The SMILES string of the molecule is CC(C)c1ccccc1S(=O)(=O)NC1Cc2ccc(/C=C/CO)cc2C1. The van der Waals surface area contributed by atoms with Gasteiger partial charge in [-0.3, -0.25) is 0 Å². The molecule has 138 valence electrons. The number of sulfonamides is 1. The number of rotatable bonds is 6. The molecule has 0 spiro atoms. The summed E-state index contributed by atoms with van der Waals surface area (Å²) in [6.45, 7) is 4.01. The van der Waals surface area contributed by atoms with Crippen molar-refractivity contribution in [2.45, 2.75) is 43.5 Å². The predicted molar refractivity (Wildman–Crippen MR) is 105 cm³/mol. The van der Waals surface area contributed by atoms with Gasteiger partial charge in [0.15, 0.2) is 0 Å². The molecule has 0 saturated carbocycles. The molecule has 26 heavy (non-hydrogen) atoms. The smallest absolute Gasteiger partial charge is 0.241 e. The molecular formula is C21H25NO3S. The molecular weight excluding hydrogens is 346 g/mol. The van der Waals surface area contributed by atoms with Crippen LogP contribution in [0.2, 0.25) is 0 Å². The van der Waals surface area contributed by atoms with Crippen LogP contribution in [0.3, 0.4) is 0 Å². The summed E-state index contributed by atoms with van der Waals surface area (Å²) < 4.78 is 28.7. The summed E-state index contributed by atoms with van der Waals surface area (Å²) in [7, 11) is -3.56. The molecule has 1 aliphatic rings. The Balaban J connectivity index is 1.79. The Morgan fingerprint density at radius 3 is 2.62 bits per heavy atom. The maximum Gasteiger partial charge on any atom is 0.241 e. The fourth-order valence-electron chi connectivity index (χ4n) is 3.50. The van der Waals surface area contributed by atoms with Crippen LogP contribution < -0.4 is 4.72 Å². The standard InChI is InChI=1S/C21H25NO3S/c1-15(2)20-7-3-4-8-21(20)26(24,25)22-19-13-17-10-9-16(6-5-11-23)12-18(17)14-19/h3-10,12,15,19,22-23H,11,13-14H2,1-2H3/b6-5+. The second-order valence-electron chi connectivity index (χ2n) is 7.03. The summed E-state index contributed by atoms with van der Waals surface area (Å²) in [5, 5.41) is 8.90. The molecule has 0 aliphatic heterocycles. The maximum absolute atomic E-state index is 12.9. The van der Waals surface area contributed by atoms with E-state index in [-0.39, 0.29) is 18.6 Å². The van der Waals surface area contributed by atoms with E-state index in [1.54, 1.807) is 18.2 Å². The zero-order valence-electron chi connectivity index (χ0n) is 15.1. The summed E-state index contributed by atoms with van der Waals surface area (Å²) in [5.41, 5.74) is 4.20. The van der Waals surface area contributed by atoms with E-state index in [0.29, 0.717) is 17.7 Å². The van der Waals surface area contributed by atoms with Crippen molar-refractivity contribution in [3.8, 4) is 0 Å². The van der Waals surface area contributed by atoms with Crippen LogP contribution in [0.5, 0.6) is 0 Å². The Hall–Kier alpha value is -1.95. The number of nitrogens with one attached hydrogen (secondary N) is 1. The van der Waals surface area contributed by atoms with Crippen molar-refractivity contribution in [1.29, 1.82) is 0 Å². The highest BCUT2D eigenvalue weighted by Gasteiger charge is 2.28. The minimum absolute atomic E-state index is 0.00870. The number of benzene rings is 2. The highest BCUT2D eigenvalue weighted by molar-refractivity contribution is 7.89. The fourth-order valence-corrected chi connectivity index (χ4v) is 5.10. The van der Waals surface area contributed by atoms with E-state index in [1.165, 1.54) is 5.56 Å². The monoisotopic (exact) mass is 371 g/mol. The minimum Gasteiger partial charge on any atom is -0.392 e. The molecule has 4 nitrogen and oxygen atoms in total. The average molecular weight is 372 g/mol. The van der Waals surface area contributed by atoms with E-state index in [9.17, 15) is 8.42 Å². The Kier molecular flexibility index (Phi) is 5.61. The largest absolute Gasteiger partial charge is 0.392 e. The molecule has 0 saturated heterocycles. The first-order valence-electron chi connectivity index (χ1n) is 8.91. The molecule has 0 radical (unpaired) electrons. The summed E-state index contributed by atoms with van der Waals surface area (Å²) >= 11 is 0. The summed E-state index contributed by atoms with van der Waals surface area (Å²) in [4.78, 5) is 0.373. The van der Waals surface area contributed by atoms with Gasteiger partial charge in [0.25, 0.3) is 0 Å². The van der Waals surface area contributed by atoms with Crippen molar-refractivity contribution < 1.29 is 13.5 Å². The lowest BCUT2D eigenvalue weighted by atomic mass is 10.0. The van der Waals surface area contributed by atoms with Crippen molar-refractivity contribution >= 4 is 16.1 Å². The predicted octanol–water partition coefficient (Wildman–Crippen LogP) is 3.26. The van der Waals surface area contributed by atoms with Gasteiger partial charge >= 0.3 is 0 Å². The van der Waals surface area contributed by atoms with Crippen molar-refractivity contribution in [3.05, 3.63) is 70.8 Å². The molecule has 0 heterocycles. The number of hydrogen-bond acceptors (Lipinski definition) is 3. The lowest BCUT2D eigenvalue weighted by molar-refractivity contribution is 0.343. The van der Waals surface area contributed by atoms with Gasteiger partial charge in [-0.2, -0.15) is 0 Å². The fraction of sp³-hybridized carbons (Fsp3) is 0.333. The van der Waals surface area contributed by atoms with Crippen molar-refractivity contribution in [2.75, 3.05) is 6.61 Å². The number of aliphatic hydroxyl groups is 1. The molecule has 3 rings (SSSR count).